The highest BCUT2D eigenvalue weighted by atomic mass is 32.1. The Kier molecular flexibility index (Phi) is 5.32. The summed E-state index contributed by atoms with van der Waals surface area (Å²) in [5.41, 5.74) is 5.76. The molecule has 0 bridgehead atoms. The van der Waals surface area contributed by atoms with Gasteiger partial charge in [-0.1, -0.05) is 42.5 Å². The van der Waals surface area contributed by atoms with Gasteiger partial charge >= 0.3 is 0 Å². The van der Waals surface area contributed by atoms with Crippen LogP contribution < -0.4 is 10.1 Å². The highest BCUT2D eigenvalue weighted by Crippen LogP contribution is 2.41. The molecule has 0 atom stereocenters. The first-order valence-corrected chi connectivity index (χ1v) is 12.2. The average Bonchev–Trinajstić information content (AvgIpc) is 3.53. The monoisotopic (exact) mass is 474 g/mol. The topological polar surface area (TPSA) is 54.1 Å². The maximum atomic E-state index is 13.7. The minimum Gasteiger partial charge on any atom is -0.497 e. The molecule has 2 N–H and O–H groups in total. The van der Waals surface area contributed by atoms with Crippen molar-refractivity contribution in [3.05, 3.63) is 109 Å². The molecule has 4 aromatic carbocycles. The summed E-state index contributed by atoms with van der Waals surface area (Å²) in [4.78, 5) is 17.8. The van der Waals surface area contributed by atoms with Gasteiger partial charge in [-0.3, -0.25) is 4.79 Å². The van der Waals surface area contributed by atoms with E-state index < -0.39 is 0 Å². The van der Waals surface area contributed by atoms with Gasteiger partial charge in [0.25, 0.3) is 5.91 Å². The fourth-order valence-corrected chi connectivity index (χ4v) is 5.65. The van der Waals surface area contributed by atoms with E-state index in [9.17, 15) is 4.79 Å². The number of aromatic amines is 1. The number of carbonyl (C=O) groups excluding carboxylic acids is 1. The van der Waals surface area contributed by atoms with E-state index in [0.717, 1.165) is 54.0 Å². The number of methoxy groups -OCH3 is 1. The van der Waals surface area contributed by atoms with Crippen molar-refractivity contribution in [3.63, 3.8) is 0 Å². The van der Waals surface area contributed by atoms with E-state index in [2.05, 4.69) is 40.6 Å². The lowest BCUT2D eigenvalue weighted by molar-refractivity contribution is 0.102. The van der Waals surface area contributed by atoms with Crippen LogP contribution in [0.2, 0.25) is 0 Å². The van der Waals surface area contributed by atoms with Gasteiger partial charge in [-0.25, -0.2) is 0 Å². The second kappa shape index (κ2) is 8.78. The van der Waals surface area contributed by atoms with Gasteiger partial charge in [-0.15, -0.1) is 11.3 Å². The molecule has 0 spiro atoms. The van der Waals surface area contributed by atoms with Crippen LogP contribution in [-0.4, -0.2) is 18.0 Å². The SMILES string of the molecule is COc1ccc(-c2sc3cc(-c4ccccc4)ccc3c2C(=O)Nc2ccc3[nH]ccc3c2)cc1. The zero-order valence-electron chi connectivity index (χ0n) is 19.0. The molecule has 0 aliphatic rings. The molecular weight excluding hydrogens is 452 g/mol. The van der Waals surface area contributed by atoms with E-state index in [4.69, 9.17) is 4.74 Å². The third kappa shape index (κ3) is 3.96. The van der Waals surface area contributed by atoms with Crippen molar-refractivity contribution < 1.29 is 9.53 Å². The number of carbonyl (C=O) groups is 1. The van der Waals surface area contributed by atoms with Crippen LogP contribution in [0.25, 0.3) is 42.6 Å². The predicted molar refractivity (Wildman–Crippen MR) is 146 cm³/mol. The molecule has 0 unspecified atom stereocenters. The Morgan fingerprint density at radius 2 is 1.63 bits per heavy atom. The lowest BCUT2D eigenvalue weighted by Crippen LogP contribution is -2.12. The molecular formula is C30H22N2O2S. The molecule has 4 nitrogen and oxygen atoms in total. The molecule has 6 aromatic rings. The predicted octanol–water partition coefficient (Wildman–Crippen LogP) is 7.98. The number of fused-ring (bicyclic) bond motifs is 2. The van der Waals surface area contributed by atoms with E-state index in [0.29, 0.717) is 5.56 Å². The van der Waals surface area contributed by atoms with E-state index in [-0.39, 0.29) is 5.91 Å². The number of amides is 1. The molecule has 0 aliphatic heterocycles. The Hall–Kier alpha value is -4.35. The van der Waals surface area contributed by atoms with Crippen LogP contribution in [0.1, 0.15) is 10.4 Å². The summed E-state index contributed by atoms with van der Waals surface area (Å²) in [5, 5.41) is 5.13. The van der Waals surface area contributed by atoms with Crippen LogP contribution in [-0.2, 0) is 0 Å². The van der Waals surface area contributed by atoms with Crippen molar-refractivity contribution in [1.29, 1.82) is 0 Å². The summed E-state index contributed by atoms with van der Waals surface area (Å²) in [6.07, 6.45) is 1.90. The number of ether oxygens (including phenoxy) is 1. The number of thiophene rings is 1. The molecule has 170 valence electrons. The molecule has 0 saturated heterocycles. The molecule has 0 saturated carbocycles. The molecule has 1 amide bonds. The number of anilines is 1. The molecule has 2 aromatic heterocycles. The van der Waals surface area contributed by atoms with Gasteiger partial charge in [0.05, 0.1) is 12.7 Å². The smallest absolute Gasteiger partial charge is 0.257 e. The zero-order chi connectivity index (χ0) is 23.8. The van der Waals surface area contributed by atoms with Gasteiger partial charge in [0, 0.05) is 37.8 Å². The van der Waals surface area contributed by atoms with E-state index in [1.54, 1.807) is 18.4 Å². The van der Waals surface area contributed by atoms with E-state index in [1.165, 1.54) is 0 Å². The molecule has 0 fully saturated rings. The van der Waals surface area contributed by atoms with Gasteiger partial charge in [-0.2, -0.15) is 0 Å². The molecule has 35 heavy (non-hydrogen) atoms. The van der Waals surface area contributed by atoms with Crippen LogP contribution >= 0.6 is 11.3 Å². The van der Waals surface area contributed by atoms with Gasteiger partial charge in [-0.05, 0) is 71.3 Å². The van der Waals surface area contributed by atoms with E-state index >= 15 is 0 Å². The third-order valence-corrected chi connectivity index (χ3v) is 7.39. The van der Waals surface area contributed by atoms with Crippen LogP contribution in [0.15, 0.2) is 103 Å². The second-order valence-corrected chi connectivity index (χ2v) is 9.40. The van der Waals surface area contributed by atoms with Crippen molar-refractivity contribution in [3.8, 4) is 27.3 Å². The van der Waals surface area contributed by atoms with Crippen LogP contribution in [0.3, 0.4) is 0 Å². The number of nitrogens with one attached hydrogen (secondary N) is 2. The second-order valence-electron chi connectivity index (χ2n) is 8.35. The standard InChI is InChI=1S/C30H22N2O2S/c1-34-24-11-7-20(8-12-24)29-28(30(33)32-23-10-14-26-22(17-23)15-16-31-26)25-13-9-21(18-27(25)35-29)19-5-3-2-4-6-19/h2-18,31H,1H3,(H,32,33). The van der Waals surface area contributed by atoms with Gasteiger partial charge in [0.15, 0.2) is 0 Å². The van der Waals surface area contributed by atoms with Crippen molar-refractivity contribution in [1.82, 2.24) is 4.98 Å². The van der Waals surface area contributed by atoms with Crippen molar-refractivity contribution in [2.45, 2.75) is 0 Å². The summed E-state index contributed by atoms with van der Waals surface area (Å²) < 4.78 is 6.41. The maximum absolute atomic E-state index is 13.7. The quantitative estimate of drug-likeness (QED) is 0.266. The lowest BCUT2D eigenvalue weighted by atomic mass is 10.0. The fourth-order valence-electron chi connectivity index (χ4n) is 4.40. The summed E-state index contributed by atoms with van der Waals surface area (Å²) in [7, 11) is 1.65. The molecule has 2 heterocycles. The first-order valence-electron chi connectivity index (χ1n) is 11.3. The Morgan fingerprint density at radius 1 is 0.829 bits per heavy atom. The fraction of sp³-hybridized carbons (Fsp3) is 0.0333. The van der Waals surface area contributed by atoms with Crippen molar-refractivity contribution >= 4 is 43.9 Å². The maximum Gasteiger partial charge on any atom is 0.257 e. The van der Waals surface area contributed by atoms with Crippen LogP contribution in [0, 0.1) is 0 Å². The van der Waals surface area contributed by atoms with Gasteiger partial charge in [0.1, 0.15) is 5.75 Å². The Bertz CT molecular complexity index is 1660. The number of aromatic nitrogens is 1. The summed E-state index contributed by atoms with van der Waals surface area (Å²) in [5.74, 6) is 0.663. The average molecular weight is 475 g/mol. The van der Waals surface area contributed by atoms with Gasteiger partial charge < -0.3 is 15.0 Å². The first-order chi connectivity index (χ1) is 17.2. The number of H-pyrrole nitrogens is 1. The largest absolute Gasteiger partial charge is 0.497 e. The molecule has 6 rings (SSSR count). The summed E-state index contributed by atoms with van der Waals surface area (Å²) in [6, 6.07) is 32.4. The first kappa shape index (κ1) is 21.2. The number of rotatable bonds is 5. The van der Waals surface area contributed by atoms with Crippen LogP contribution in [0.4, 0.5) is 5.69 Å². The van der Waals surface area contributed by atoms with Crippen molar-refractivity contribution in [2.24, 2.45) is 0 Å². The lowest BCUT2D eigenvalue weighted by Gasteiger charge is -2.09. The van der Waals surface area contributed by atoms with Gasteiger partial charge in [0.2, 0.25) is 0 Å². The molecule has 0 radical (unpaired) electrons. The Balaban J connectivity index is 1.47. The zero-order valence-corrected chi connectivity index (χ0v) is 19.9. The number of benzene rings is 4. The Morgan fingerprint density at radius 3 is 2.43 bits per heavy atom. The Labute approximate surface area is 206 Å². The summed E-state index contributed by atoms with van der Waals surface area (Å²) >= 11 is 1.64. The minimum absolute atomic E-state index is 0.121. The summed E-state index contributed by atoms with van der Waals surface area (Å²) in [6.45, 7) is 0. The highest BCUT2D eigenvalue weighted by Gasteiger charge is 2.21. The number of hydrogen-bond acceptors (Lipinski definition) is 3. The number of hydrogen-bond donors (Lipinski definition) is 2. The highest BCUT2D eigenvalue weighted by molar-refractivity contribution is 7.22. The normalized spacial score (nSPS) is 11.1. The molecule has 0 aliphatic carbocycles. The van der Waals surface area contributed by atoms with E-state index in [1.807, 2.05) is 72.9 Å². The van der Waals surface area contributed by atoms with Crippen molar-refractivity contribution in [2.75, 3.05) is 12.4 Å². The van der Waals surface area contributed by atoms with Crippen LogP contribution in [0.5, 0.6) is 5.75 Å². The minimum atomic E-state index is -0.121. The molecule has 5 heteroatoms. The third-order valence-electron chi connectivity index (χ3n) is 6.19.